The molecule has 0 aromatic heterocycles. The van der Waals surface area contributed by atoms with Crippen LogP contribution in [0.3, 0.4) is 0 Å². The predicted molar refractivity (Wildman–Crippen MR) is 81.7 cm³/mol. The molecule has 8 heteroatoms. The van der Waals surface area contributed by atoms with Crippen molar-refractivity contribution < 1.29 is 4.79 Å². The van der Waals surface area contributed by atoms with E-state index >= 15 is 0 Å². The minimum Gasteiger partial charge on any atom is -0.319 e. The molecule has 22 heavy (non-hydrogen) atoms. The molecule has 0 aliphatic carbocycles. The average Bonchev–Trinajstić information content (AvgIpc) is 3.04. The van der Waals surface area contributed by atoms with Crippen LogP contribution >= 0.6 is 11.6 Å². The molecule has 112 valence electrons. The summed E-state index contributed by atoms with van der Waals surface area (Å²) in [6.07, 6.45) is 0.696. The van der Waals surface area contributed by atoms with Gasteiger partial charge in [-0.05, 0) is 36.6 Å². The van der Waals surface area contributed by atoms with Crippen LogP contribution in [0.5, 0.6) is 0 Å². The zero-order chi connectivity index (χ0) is 15.9. The fourth-order valence-electron chi connectivity index (χ4n) is 3.17. The Hall–Kier alpha value is -2.42. The number of anilines is 1. The monoisotopic (exact) mass is 316 g/mol. The third-order valence-corrected chi connectivity index (χ3v) is 4.81. The maximum Gasteiger partial charge on any atom is 0.324 e. The normalized spacial score (nSPS) is 23.2. The van der Waals surface area contributed by atoms with Crippen molar-refractivity contribution in [1.82, 2.24) is 4.90 Å². The number of hydrogen-bond donors (Lipinski definition) is 0. The summed E-state index contributed by atoms with van der Waals surface area (Å²) >= 11 is 6.18. The van der Waals surface area contributed by atoms with E-state index < -0.39 is 0 Å². The van der Waals surface area contributed by atoms with Crippen LogP contribution in [0.4, 0.5) is 10.5 Å². The molecule has 2 heterocycles. The second kappa shape index (κ2) is 5.41. The van der Waals surface area contributed by atoms with Crippen molar-refractivity contribution in [1.29, 1.82) is 5.26 Å². The largest absolute Gasteiger partial charge is 0.324 e. The molecule has 1 aromatic carbocycles. The number of rotatable bonds is 2. The molecule has 2 saturated heterocycles. The van der Waals surface area contributed by atoms with Crippen LogP contribution in [0.15, 0.2) is 17.2 Å². The van der Waals surface area contributed by atoms with Crippen molar-refractivity contribution in [2.24, 2.45) is 5.11 Å². The lowest BCUT2D eigenvalue weighted by molar-refractivity contribution is 0.218. The van der Waals surface area contributed by atoms with E-state index in [1.807, 2.05) is 6.07 Å². The van der Waals surface area contributed by atoms with Crippen molar-refractivity contribution >= 4 is 23.3 Å². The van der Waals surface area contributed by atoms with Crippen LogP contribution in [0.1, 0.15) is 17.5 Å². The molecular formula is C14H13ClN6O. The number of azide groups is 1. The number of nitrogens with zero attached hydrogens (tertiary/aromatic N) is 6. The number of urea groups is 1. The first-order valence-corrected chi connectivity index (χ1v) is 7.27. The number of carbonyl (C=O) groups excluding carboxylic acids is 1. The number of fused-ring (bicyclic) bond motifs is 1. The van der Waals surface area contributed by atoms with E-state index in [0.717, 1.165) is 0 Å². The van der Waals surface area contributed by atoms with Gasteiger partial charge in [-0.25, -0.2) is 4.79 Å². The standard InChI is InChI=1S/C14H13ClN6O/c1-8-11(3-2-9(6-16)13(8)15)21-7-12-10(18-19-17)4-5-20(12)14(21)22/h2-3,10,12H,4-5,7H2,1H3/t10-,12?/m1/s1. The average molecular weight is 317 g/mol. The summed E-state index contributed by atoms with van der Waals surface area (Å²) in [5, 5.41) is 13.2. The van der Waals surface area contributed by atoms with Crippen LogP contribution in [-0.2, 0) is 0 Å². The van der Waals surface area contributed by atoms with Gasteiger partial charge in [0.2, 0.25) is 0 Å². The van der Waals surface area contributed by atoms with Crippen molar-refractivity contribution in [3.63, 3.8) is 0 Å². The van der Waals surface area contributed by atoms with E-state index in [-0.39, 0.29) is 18.1 Å². The summed E-state index contributed by atoms with van der Waals surface area (Å²) in [5.41, 5.74) is 10.4. The van der Waals surface area contributed by atoms with Crippen molar-refractivity contribution in [2.45, 2.75) is 25.4 Å². The molecule has 2 fully saturated rings. The Balaban J connectivity index is 1.95. The van der Waals surface area contributed by atoms with E-state index in [9.17, 15) is 4.79 Å². The Morgan fingerprint density at radius 3 is 3.00 bits per heavy atom. The van der Waals surface area contributed by atoms with Gasteiger partial charge in [0.15, 0.2) is 0 Å². The molecule has 2 amide bonds. The van der Waals surface area contributed by atoms with Gasteiger partial charge in [0.1, 0.15) is 6.07 Å². The molecule has 0 radical (unpaired) electrons. The molecule has 7 nitrogen and oxygen atoms in total. The summed E-state index contributed by atoms with van der Waals surface area (Å²) in [4.78, 5) is 18.8. The summed E-state index contributed by atoms with van der Waals surface area (Å²) in [6, 6.07) is 4.99. The van der Waals surface area contributed by atoms with Gasteiger partial charge in [0.05, 0.1) is 22.7 Å². The molecule has 1 aromatic rings. The second-order valence-electron chi connectivity index (χ2n) is 5.40. The van der Waals surface area contributed by atoms with Gasteiger partial charge < -0.3 is 4.90 Å². The zero-order valence-electron chi connectivity index (χ0n) is 11.9. The van der Waals surface area contributed by atoms with Gasteiger partial charge >= 0.3 is 6.03 Å². The number of hydrogen-bond acceptors (Lipinski definition) is 3. The summed E-state index contributed by atoms with van der Waals surface area (Å²) < 4.78 is 0. The molecular weight excluding hydrogens is 304 g/mol. The van der Waals surface area contributed by atoms with Crippen molar-refractivity contribution in [3.8, 4) is 6.07 Å². The number of amides is 2. The Morgan fingerprint density at radius 2 is 2.32 bits per heavy atom. The molecule has 3 rings (SSSR count). The van der Waals surface area contributed by atoms with E-state index in [1.165, 1.54) is 0 Å². The molecule has 0 saturated carbocycles. The Morgan fingerprint density at radius 1 is 1.55 bits per heavy atom. The molecule has 0 bridgehead atoms. The number of benzene rings is 1. The van der Waals surface area contributed by atoms with Gasteiger partial charge in [-0.15, -0.1) is 0 Å². The summed E-state index contributed by atoms with van der Waals surface area (Å²) in [5.74, 6) is 0. The number of carbonyl (C=O) groups is 1. The summed E-state index contributed by atoms with van der Waals surface area (Å²) in [6.45, 7) is 2.85. The molecule has 2 aliphatic heterocycles. The minimum atomic E-state index is -0.187. The highest BCUT2D eigenvalue weighted by atomic mass is 35.5. The minimum absolute atomic E-state index is 0.0998. The van der Waals surface area contributed by atoms with E-state index in [0.29, 0.717) is 41.3 Å². The maximum absolute atomic E-state index is 12.6. The maximum atomic E-state index is 12.6. The summed E-state index contributed by atoms with van der Waals surface area (Å²) in [7, 11) is 0. The third kappa shape index (κ3) is 2.05. The second-order valence-corrected chi connectivity index (χ2v) is 5.78. The topological polar surface area (TPSA) is 96.1 Å². The Labute approximate surface area is 132 Å². The first-order valence-electron chi connectivity index (χ1n) is 6.90. The number of nitriles is 1. The first-order chi connectivity index (χ1) is 10.6. The Kier molecular flexibility index (Phi) is 3.57. The van der Waals surface area contributed by atoms with Crippen LogP contribution in [0.2, 0.25) is 5.02 Å². The highest BCUT2D eigenvalue weighted by Gasteiger charge is 2.46. The van der Waals surface area contributed by atoms with Crippen molar-refractivity contribution in [2.75, 3.05) is 18.0 Å². The SMILES string of the molecule is Cc1c(N2CC3[C@H](N=[N+]=[N-])CCN3C2=O)ccc(C#N)c1Cl. The highest BCUT2D eigenvalue weighted by molar-refractivity contribution is 6.33. The van der Waals surface area contributed by atoms with Crippen LogP contribution < -0.4 is 4.90 Å². The molecule has 0 spiro atoms. The lowest BCUT2D eigenvalue weighted by Gasteiger charge is -2.20. The smallest absolute Gasteiger partial charge is 0.319 e. The van der Waals surface area contributed by atoms with E-state index in [4.69, 9.17) is 22.4 Å². The van der Waals surface area contributed by atoms with Gasteiger partial charge in [-0.3, -0.25) is 4.90 Å². The van der Waals surface area contributed by atoms with Gasteiger partial charge in [-0.2, -0.15) is 5.26 Å². The lowest BCUT2D eigenvalue weighted by atomic mass is 10.1. The quantitative estimate of drug-likeness (QED) is 0.475. The number of halogens is 1. The lowest BCUT2D eigenvalue weighted by Crippen LogP contribution is -2.32. The molecule has 0 N–H and O–H groups in total. The predicted octanol–water partition coefficient (Wildman–Crippen LogP) is 3.21. The van der Waals surface area contributed by atoms with Gasteiger partial charge in [-0.1, -0.05) is 16.7 Å². The van der Waals surface area contributed by atoms with E-state index in [2.05, 4.69) is 10.0 Å². The van der Waals surface area contributed by atoms with E-state index in [1.54, 1.807) is 28.9 Å². The first kappa shape index (κ1) is 14.5. The fraction of sp³-hybridized carbons (Fsp3) is 0.429. The molecule has 2 aliphatic rings. The zero-order valence-corrected chi connectivity index (χ0v) is 12.7. The fourth-order valence-corrected chi connectivity index (χ4v) is 3.37. The van der Waals surface area contributed by atoms with Crippen molar-refractivity contribution in [3.05, 3.63) is 38.7 Å². The Bertz CT molecular complexity index is 736. The van der Waals surface area contributed by atoms with Crippen LogP contribution in [-0.4, -0.2) is 36.1 Å². The third-order valence-electron chi connectivity index (χ3n) is 4.33. The van der Waals surface area contributed by atoms with Crippen LogP contribution in [0, 0.1) is 18.3 Å². The molecule has 2 atom stereocenters. The van der Waals surface area contributed by atoms with Gasteiger partial charge in [0.25, 0.3) is 0 Å². The van der Waals surface area contributed by atoms with Crippen LogP contribution in [0.25, 0.3) is 10.4 Å². The highest BCUT2D eigenvalue weighted by Crippen LogP contribution is 2.36. The van der Waals surface area contributed by atoms with Gasteiger partial charge in [0, 0.05) is 23.7 Å². The molecule has 1 unspecified atom stereocenters.